The molecule has 2 nitrogen and oxygen atoms in total. The maximum Gasteiger partial charge on any atom is 0.255 e. The molecule has 0 unspecified atom stereocenters. The van der Waals surface area contributed by atoms with E-state index in [4.69, 9.17) is 0 Å². The SMILES string of the molecule is O=C(Nc1ccc(Br)c(F)c1)c1cccc(Br)c1. The average Bonchev–Trinajstić information content (AvgIpc) is 2.34. The summed E-state index contributed by atoms with van der Waals surface area (Å²) in [5.41, 5.74) is 0.924. The predicted octanol–water partition coefficient (Wildman–Crippen LogP) is 4.60. The molecule has 0 radical (unpaired) electrons. The van der Waals surface area contributed by atoms with Crippen molar-refractivity contribution in [2.24, 2.45) is 0 Å². The van der Waals surface area contributed by atoms with Gasteiger partial charge in [0.15, 0.2) is 0 Å². The number of hydrogen-bond donors (Lipinski definition) is 1. The second-order valence-corrected chi connectivity index (χ2v) is 5.36. The van der Waals surface area contributed by atoms with Crippen LogP contribution < -0.4 is 5.32 Å². The maximum absolute atomic E-state index is 13.3. The van der Waals surface area contributed by atoms with Gasteiger partial charge < -0.3 is 5.32 Å². The molecule has 0 spiro atoms. The highest BCUT2D eigenvalue weighted by atomic mass is 79.9. The zero-order valence-electron chi connectivity index (χ0n) is 9.08. The van der Waals surface area contributed by atoms with Crippen LogP contribution in [0.4, 0.5) is 10.1 Å². The van der Waals surface area contributed by atoms with Crippen LogP contribution in [0.15, 0.2) is 51.4 Å². The van der Waals surface area contributed by atoms with Crippen LogP contribution in [-0.2, 0) is 0 Å². The Bertz CT molecular complexity index is 601. The molecule has 2 rings (SSSR count). The average molecular weight is 373 g/mol. The molecule has 0 aromatic heterocycles. The molecule has 1 N–H and O–H groups in total. The number of anilines is 1. The summed E-state index contributed by atoms with van der Waals surface area (Å²) >= 11 is 6.35. The quantitative estimate of drug-likeness (QED) is 0.819. The summed E-state index contributed by atoms with van der Waals surface area (Å²) in [7, 11) is 0. The molecule has 0 aliphatic rings. The molecule has 5 heteroatoms. The fraction of sp³-hybridized carbons (Fsp3) is 0. The lowest BCUT2D eigenvalue weighted by Gasteiger charge is -2.06. The predicted molar refractivity (Wildman–Crippen MR) is 76.2 cm³/mol. The summed E-state index contributed by atoms with van der Waals surface area (Å²) in [6, 6.07) is 11.4. The molecule has 0 saturated heterocycles. The molecule has 0 bridgehead atoms. The van der Waals surface area contributed by atoms with Crippen LogP contribution >= 0.6 is 31.9 Å². The normalized spacial score (nSPS) is 10.2. The van der Waals surface area contributed by atoms with Crippen molar-refractivity contribution in [3.05, 3.63) is 62.8 Å². The van der Waals surface area contributed by atoms with E-state index < -0.39 is 5.82 Å². The van der Waals surface area contributed by atoms with Crippen LogP contribution in [0.3, 0.4) is 0 Å². The first-order chi connectivity index (χ1) is 8.56. The molecule has 2 aromatic carbocycles. The molecule has 0 atom stereocenters. The van der Waals surface area contributed by atoms with Gasteiger partial charge in [-0.05, 0) is 52.3 Å². The second kappa shape index (κ2) is 5.63. The topological polar surface area (TPSA) is 29.1 Å². The Morgan fingerprint density at radius 3 is 2.56 bits per heavy atom. The van der Waals surface area contributed by atoms with Crippen molar-refractivity contribution >= 4 is 43.5 Å². The number of halogens is 3. The Hall–Kier alpha value is -1.20. The first-order valence-electron chi connectivity index (χ1n) is 5.08. The number of amides is 1. The van der Waals surface area contributed by atoms with E-state index in [-0.39, 0.29) is 5.91 Å². The molecular weight excluding hydrogens is 365 g/mol. The van der Waals surface area contributed by atoms with Crippen molar-refractivity contribution in [1.29, 1.82) is 0 Å². The van der Waals surface area contributed by atoms with Crippen molar-refractivity contribution in [1.82, 2.24) is 0 Å². The van der Waals surface area contributed by atoms with E-state index in [1.54, 1.807) is 30.3 Å². The smallest absolute Gasteiger partial charge is 0.255 e. The highest BCUT2D eigenvalue weighted by Crippen LogP contribution is 2.20. The van der Waals surface area contributed by atoms with Gasteiger partial charge in [-0.1, -0.05) is 22.0 Å². The summed E-state index contributed by atoms with van der Waals surface area (Å²) < 4.78 is 14.5. The van der Waals surface area contributed by atoms with Gasteiger partial charge in [0, 0.05) is 15.7 Å². The number of benzene rings is 2. The second-order valence-electron chi connectivity index (χ2n) is 3.59. The minimum absolute atomic E-state index is 0.280. The molecule has 0 fully saturated rings. The van der Waals surface area contributed by atoms with Gasteiger partial charge in [0.25, 0.3) is 5.91 Å². The van der Waals surface area contributed by atoms with Gasteiger partial charge in [0.05, 0.1) is 4.47 Å². The van der Waals surface area contributed by atoms with Crippen LogP contribution in [0.2, 0.25) is 0 Å². The standard InChI is InChI=1S/C13H8Br2FNO/c14-9-3-1-2-8(6-9)13(18)17-10-4-5-11(15)12(16)7-10/h1-7H,(H,17,18). The third-order valence-electron chi connectivity index (χ3n) is 2.26. The maximum atomic E-state index is 13.3. The lowest BCUT2D eigenvalue weighted by atomic mass is 10.2. The highest BCUT2D eigenvalue weighted by Gasteiger charge is 2.07. The number of carbonyl (C=O) groups is 1. The lowest BCUT2D eigenvalue weighted by Crippen LogP contribution is -2.11. The summed E-state index contributed by atoms with van der Waals surface area (Å²) in [5, 5.41) is 2.63. The minimum Gasteiger partial charge on any atom is -0.322 e. The monoisotopic (exact) mass is 371 g/mol. The van der Waals surface area contributed by atoms with E-state index in [0.717, 1.165) is 4.47 Å². The van der Waals surface area contributed by atoms with Crippen LogP contribution in [-0.4, -0.2) is 5.91 Å². The Morgan fingerprint density at radius 2 is 1.89 bits per heavy atom. The lowest BCUT2D eigenvalue weighted by molar-refractivity contribution is 0.102. The molecule has 0 aliphatic heterocycles. The number of rotatable bonds is 2. The molecular formula is C13H8Br2FNO. The van der Waals surface area contributed by atoms with Gasteiger partial charge in [-0.3, -0.25) is 4.79 Å². The zero-order valence-corrected chi connectivity index (χ0v) is 12.3. The Balaban J connectivity index is 2.18. The van der Waals surface area contributed by atoms with Crippen molar-refractivity contribution < 1.29 is 9.18 Å². The highest BCUT2D eigenvalue weighted by molar-refractivity contribution is 9.10. The van der Waals surface area contributed by atoms with E-state index in [1.807, 2.05) is 6.07 Å². The van der Waals surface area contributed by atoms with Crippen LogP contribution in [0, 0.1) is 5.82 Å². The van der Waals surface area contributed by atoms with Gasteiger partial charge in [0.1, 0.15) is 5.82 Å². The van der Waals surface area contributed by atoms with Gasteiger partial charge >= 0.3 is 0 Å². The van der Waals surface area contributed by atoms with Crippen LogP contribution in [0.1, 0.15) is 10.4 Å². The summed E-state index contributed by atoms with van der Waals surface area (Å²) in [6.45, 7) is 0. The largest absolute Gasteiger partial charge is 0.322 e. The van der Waals surface area contributed by atoms with Gasteiger partial charge in [0.2, 0.25) is 0 Å². The number of nitrogens with one attached hydrogen (secondary N) is 1. The molecule has 0 saturated carbocycles. The van der Waals surface area contributed by atoms with Gasteiger partial charge in [-0.25, -0.2) is 4.39 Å². The molecule has 0 heterocycles. The summed E-state index contributed by atoms with van der Waals surface area (Å²) in [6.07, 6.45) is 0. The Labute approximate surface area is 120 Å². The van der Waals surface area contributed by atoms with Gasteiger partial charge in [-0.15, -0.1) is 0 Å². The van der Waals surface area contributed by atoms with Crippen molar-refractivity contribution in [2.75, 3.05) is 5.32 Å². The van der Waals surface area contributed by atoms with Gasteiger partial charge in [-0.2, -0.15) is 0 Å². The van der Waals surface area contributed by atoms with E-state index in [2.05, 4.69) is 37.2 Å². The van der Waals surface area contributed by atoms with E-state index in [0.29, 0.717) is 15.7 Å². The summed E-state index contributed by atoms with van der Waals surface area (Å²) in [5.74, 6) is -0.694. The Kier molecular flexibility index (Phi) is 4.14. The molecule has 0 aliphatic carbocycles. The zero-order chi connectivity index (χ0) is 13.1. The van der Waals surface area contributed by atoms with Crippen molar-refractivity contribution in [3.8, 4) is 0 Å². The fourth-order valence-electron chi connectivity index (χ4n) is 1.41. The molecule has 18 heavy (non-hydrogen) atoms. The third-order valence-corrected chi connectivity index (χ3v) is 3.40. The molecule has 92 valence electrons. The molecule has 1 amide bonds. The van der Waals surface area contributed by atoms with Crippen LogP contribution in [0.25, 0.3) is 0 Å². The van der Waals surface area contributed by atoms with Crippen LogP contribution in [0.5, 0.6) is 0 Å². The summed E-state index contributed by atoms with van der Waals surface area (Å²) in [4.78, 5) is 11.9. The number of hydrogen-bond acceptors (Lipinski definition) is 1. The first-order valence-corrected chi connectivity index (χ1v) is 6.67. The van der Waals surface area contributed by atoms with E-state index >= 15 is 0 Å². The van der Waals surface area contributed by atoms with E-state index in [9.17, 15) is 9.18 Å². The fourth-order valence-corrected chi connectivity index (χ4v) is 2.05. The minimum atomic E-state index is -0.415. The first kappa shape index (κ1) is 13.2. The Morgan fingerprint density at radius 1 is 1.11 bits per heavy atom. The van der Waals surface area contributed by atoms with Crippen molar-refractivity contribution in [2.45, 2.75) is 0 Å². The number of carbonyl (C=O) groups excluding carboxylic acids is 1. The van der Waals surface area contributed by atoms with E-state index in [1.165, 1.54) is 6.07 Å². The third kappa shape index (κ3) is 3.17. The van der Waals surface area contributed by atoms with Crippen molar-refractivity contribution in [3.63, 3.8) is 0 Å². The molecule has 2 aromatic rings.